The molecule has 0 amide bonds. The maximum atomic E-state index is 12.3. The number of nitrogens with zero attached hydrogens (tertiary/aromatic N) is 5. The minimum atomic E-state index is -0.978. The third-order valence-corrected chi connectivity index (χ3v) is 28.0. The summed E-state index contributed by atoms with van der Waals surface area (Å²) in [6, 6.07) is 111. The first-order valence-electron chi connectivity index (χ1n) is 50.4. The number of hydrogen-bond acceptors (Lipinski definition) is 2. The molecule has 0 saturated carbocycles. The maximum Gasteiger partial charge on any atom is 0.252 e. The van der Waals surface area contributed by atoms with Crippen molar-refractivity contribution in [1.82, 2.24) is 13.4 Å². The van der Waals surface area contributed by atoms with Crippen LogP contribution in [0.15, 0.2) is 376 Å². The summed E-state index contributed by atoms with van der Waals surface area (Å²) in [5, 5.41) is 8.41. The molecule has 2 aliphatic rings. The predicted molar refractivity (Wildman–Crippen MR) is 557 cm³/mol. The van der Waals surface area contributed by atoms with E-state index in [0.717, 1.165) is 182 Å². The van der Waals surface area contributed by atoms with Gasteiger partial charge < -0.3 is 23.2 Å². The highest BCUT2D eigenvalue weighted by Gasteiger charge is 2.47. The lowest BCUT2D eigenvalue weighted by molar-refractivity contribution is 0.569. The summed E-state index contributed by atoms with van der Waals surface area (Å²) in [7, 11) is 0. The lowest BCUT2D eigenvalue weighted by atomic mass is 9.33. The molecule has 130 heavy (non-hydrogen) atoms. The molecule has 0 unspecified atom stereocenters. The third kappa shape index (κ3) is 11.8. The van der Waals surface area contributed by atoms with Crippen LogP contribution in [0, 0.1) is 0 Å². The predicted octanol–water partition coefficient (Wildman–Crippen LogP) is 32.0. The summed E-state index contributed by atoms with van der Waals surface area (Å²) in [5.74, 6) is 0. The van der Waals surface area contributed by atoms with Crippen molar-refractivity contribution in [2.24, 2.45) is 0 Å². The zero-order valence-corrected chi connectivity index (χ0v) is 74.8. The van der Waals surface area contributed by atoms with Crippen LogP contribution in [0.2, 0.25) is 0 Å². The minimum absolute atomic E-state index is 0.0280. The van der Waals surface area contributed by atoms with E-state index in [0.29, 0.717) is 39.5 Å². The molecule has 0 bridgehead atoms. The Balaban J connectivity index is 0.900. The molecule has 0 spiro atoms. The number of aromatic nitrogens is 3. The standard InChI is InChI=1S/C124H98BN5/c1-121(2,3)85-62-82(63-86(69-85)122(4,5)6)79-56-58-104-112(68-79)129(118-98(80-40-31-38-77(60-80)75-34-15-13-16-35-75)70-87(123(7,8)9)71-99(118)81-41-32-39-78(61-81)76-36-17-14-18-37-76)114-72-88(124(10,11)12)73-115-116(114)125(104)105-59-57-89(126-106-50-25-19-42-92(106)93-43-20-26-51-107(93)126)74-113(105)130(115)117-90(83-64-100-94-44-21-27-52-108(94)127-109-53-28-22-45-95(109)101(65-83)119(100)127)48-33-49-91(117)84-66-102-96-46-23-29-54-110(96)128-111-55-30-24-47-97(111)103(67-84)120(102)128/h13-74H,1-12H3/i19D,20D,25D,26D,42D,43D,50D,51D,72D,73D. The first kappa shape index (κ1) is 67.3. The average molecular weight is 1680 g/mol. The van der Waals surface area contributed by atoms with Gasteiger partial charge in [0.2, 0.25) is 0 Å². The lowest BCUT2D eigenvalue weighted by Crippen LogP contribution is -2.61. The fourth-order valence-electron chi connectivity index (χ4n) is 21.5. The molecular weight excluding hydrogens is 1570 g/mol. The third-order valence-electron chi connectivity index (χ3n) is 28.0. The van der Waals surface area contributed by atoms with Gasteiger partial charge in [-0.3, -0.25) is 0 Å². The lowest BCUT2D eigenvalue weighted by Gasteiger charge is -2.46. The molecule has 18 aromatic carbocycles. The number of rotatable bonds is 10. The van der Waals surface area contributed by atoms with Crippen molar-refractivity contribution in [3.8, 4) is 83.6 Å². The van der Waals surface area contributed by atoms with Gasteiger partial charge in [0.15, 0.2) is 0 Å². The topological polar surface area (TPSA) is 20.2 Å². The molecule has 0 aliphatic carbocycles. The number of hydrogen-bond donors (Lipinski definition) is 0. The molecule has 5 nitrogen and oxygen atoms in total. The Morgan fingerprint density at radius 3 is 1.04 bits per heavy atom. The minimum Gasteiger partial charge on any atom is -0.310 e. The van der Waals surface area contributed by atoms with Gasteiger partial charge >= 0.3 is 0 Å². The monoisotopic (exact) mass is 1680 g/mol. The Kier molecular flexibility index (Phi) is 14.6. The van der Waals surface area contributed by atoms with Crippen molar-refractivity contribution < 1.29 is 13.7 Å². The van der Waals surface area contributed by atoms with Gasteiger partial charge in [-0.05, 0) is 231 Å². The second-order valence-electron chi connectivity index (χ2n) is 40.0. The number of fused-ring (bicyclic) bond motifs is 19. The molecule has 0 radical (unpaired) electrons. The van der Waals surface area contributed by atoms with Crippen molar-refractivity contribution >= 4 is 155 Å². The van der Waals surface area contributed by atoms with Crippen LogP contribution in [0.4, 0.5) is 34.1 Å². The Bertz CT molecular complexity index is 8740. The summed E-state index contributed by atoms with van der Waals surface area (Å²) in [4.78, 5) is 4.79. The highest BCUT2D eigenvalue weighted by atomic mass is 15.2. The van der Waals surface area contributed by atoms with Crippen molar-refractivity contribution in [1.29, 1.82) is 0 Å². The summed E-state index contributed by atoms with van der Waals surface area (Å²) in [6.45, 7) is 26.1. The molecule has 7 heterocycles. The normalized spacial score (nSPS) is 14.3. The van der Waals surface area contributed by atoms with E-state index in [1.54, 1.807) is 4.57 Å². The molecule has 0 atom stereocenters. The number of benzene rings is 18. The zero-order valence-electron chi connectivity index (χ0n) is 84.8. The summed E-state index contributed by atoms with van der Waals surface area (Å²) in [5.41, 5.74) is 28.2. The molecule has 2 aliphatic heterocycles. The fourth-order valence-corrected chi connectivity index (χ4v) is 21.5. The van der Waals surface area contributed by atoms with Gasteiger partial charge in [0.25, 0.3) is 6.71 Å². The van der Waals surface area contributed by atoms with Gasteiger partial charge in [-0.15, -0.1) is 0 Å². The van der Waals surface area contributed by atoms with E-state index in [4.69, 9.17) is 0 Å². The van der Waals surface area contributed by atoms with Crippen molar-refractivity contribution in [3.63, 3.8) is 0 Å². The van der Waals surface area contributed by atoms with E-state index in [2.05, 4.69) is 411 Å². The molecular formula is C124H98BN5. The quantitative estimate of drug-likeness (QED) is 0.127. The van der Waals surface area contributed by atoms with Crippen LogP contribution in [0.1, 0.15) is 119 Å². The Morgan fingerprint density at radius 1 is 0.238 bits per heavy atom. The Morgan fingerprint density at radius 2 is 0.600 bits per heavy atom. The summed E-state index contributed by atoms with van der Waals surface area (Å²) >= 11 is 0. The van der Waals surface area contributed by atoms with E-state index in [1.165, 1.54) is 11.1 Å². The van der Waals surface area contributed by atoms with Crippen LogP contribution in [0.3, 0.4) is 0 Å². The van der Waals surface area contributed by atoms with Gasteiger partial charge in [0.05, 0.1) is 69.2 Å². The van der Waals surface area contributed by atoms with Crippen LogP contribution in [0.5, 0.6) is 0 Å². The van der Waals surface area contributed by atoms with Gasteiger partial charge in [-0.2, -0.15) is 0 Å². The van der Waals surface area contributed by atoms with E-state index >= 15 is 0 Å². The summed E-state index contributed by atoms with van der Waals surface area (Å²) in [6.07, 6.45) is 0. The first-order valence-corrected chi connectivity index (χ1v) is 45.4. The van der Waals surface area contributed by atoms with Crippen molar-refractivity contribution in [2.45, 2.75) is 105 Å². The smallest absolute Gasteiger partial charge is 0.252 e. The average Bonchev–Trinajstić information content (AvgIpc) is 1.07. The molecule has 0 fully saturated rings. The van der Waals surface area contributed by atoms with E-state index in [-0.39, 0.29) is 44.7 Å². The van der Waals surface area contributed by atoms with Gasteiger partial charge in [0, 0.05) is 105 Å². The number of anilines is 6. The number of para-hydroxylation sites is 7. The van der Waals surface area contributed by atoms with Crippen LogP contribution in [-0.2, 0) is 21.7 Å². The second-order valence-corrected chi connectivity index (χ2v) is 40.0. The zero-order chi connectivity index (χ0) is 96.6. The van der Waals surface area contributed by atoms with Crippen LogP contribution in [0.25, 0.3) is 182 Å². The molecule has 0 N–H and O–H groups in total. The Hall–Kier alpha value is -15.0. The summed E-state index contributed by atoms with van der Waals surface area (Å²) < 4.78 is 109. The van der Waals surface area contributed by atoms with Gasteiger partial charge in [0.1, 0.15) is 0 Å². The van der Waals surface area contributed by atoms with Gasteiger partial charge in [-0.1, -0.05) is 344 Å². The van der Waals surface area contributed by atoms with E-state index in [1.807, 2.05) is 6.07 Å². The molecule has 622 valence electrons. The van der Waals surface area contributed by atoms with Crippen molar-refractivity contribution in [2.75, 3.05) is 9.80 Å². The SMILES string of the molecule is [2H]c1c2c3c(c([2H])c1C(C)(C)C)N(c1c(-c4cc5c6ccccc6n6c7ccccc7c(c4)c56)cccc1-c1cc4c5ccccc5n5c6ccccc6c(c1)c45)c1cc(-n4c5c([2H])c([2H])c([2H])c([2H])c5c5c([2H])c([2H])c([2H])c([2H])c54)ccc1B3c1ccc(-c3cc(C(C)(C)C)cc(C(C)(C)C)c3)cc1N2c1c(-c2cccc(-c3ccccc3)c2)cc(C(C)(C)C)cc1-c1cccc(-c2ccccc2)c1. The highest BCUT2D eigenvalue weighted by molar-refractivity contribution is 7.00. The van der Waals surface area contributed by atoms with Crippen molar-refractivity contribution in [3.05, 3.63) is 398 Å². The molecule has 0 saturated heterocycles. The second kappa shape index (κ2) is 28.3. The first-order chi connectivity index (χ1) is 67.2. The highest BCUT2D eigenvalue weighted by Crippen LogP contribution is 2.58. The van der Waals surface area contributed by atoms with E-state index in [9.17, 15) is 13.7 Å². The molecule has 6 heteroatoms. The van der Waals surface area contributed by atoms with E-state index < -0.39 is 65.9 Å². The van der Waals surface area contributed by atoms with Crippen LogP contribution < -0.4 is 26.2 Å². The van der Waals surface area contributed by atoms with Gasteiger partial charge in [-0.25, -0.2) is 0 Å². The largest absolute Gasteiger partial charge is 0.310 e. The molecule has 5 aromatic heterocycles. The van der Waals surface area contributed by atoms with Crippen LogP contribution >= 0.6 is 0 Å². The molecule has 23 aromatic rings. The maximum absolute atomic E-state index is 12.3. The van der Waals surface area contributed by atoms with Crippen LogP contribution in [-0.4, -0.2) is 20.1 Å². The molecule has 25 rings (SSSR count). The fraction of sp³-hybridized carbons (Fsp3) is 0.129. The Labute approximate surface area is 773 Å².